The number of nitrogens with zero attached hydrogens (tertiary/aromatic N) is 3. The molecule has 0 atom stereocenters. The summed E-state index contributed by atoms with van der Waals surface area (Å²) in [6.45, 7) is 0. The third-order valence-corrected chi connectivity index (χ3v) is 10.2. The van der Waals surface area contributed by atoms with Gasteiger partial charge in [-0.2, -0.15) is 0 Å². The molecule has 0 bridgehead atoms. The molecule has 0 spiro atoms. The van der Waals surface area contributed by atoms with Gasteiger partial charge in [0.1, 0.15) is 0 Å². The average Bonchev–Trinajstić information content (AvgIpc) is 3.23. The average molecular weight is 662 g/mol. The van der Waals surface area contributed by atoms with E-state index in [2.05, 4.69) is 169 Å². The Morgan fingerprint density at radius 2 is 0.846 bits per heavy atom. The first-order valence-corrected chi connectivity index (χ1v) is 17.6. The highest BCUT2D eigenvalue weighted by Gasteiger charge is 2.14. The molecule has 0 aliphatic heterocycles. The first-order valence-electron chi connectivity index (χ1n) is 17.6. The fourth-order valence-corrected chi connectivity index (χ4v) is 7.56. The molecule has 0 radical (unpaired) electrons. The molecule has 10 rings (SSSR count). The van der Waals surface area contributed by atoms with Crippen molar-refractivity contribution in [1.82, 2.24) is 15.0 Å². The highest BCUT2D eigenvalue weighted by atomic mass is 14.9. The zero-order valence-electron chi connectivity index (χ0n) is 28.2. The lowest BCUT2D eigenvalue weighted by Gasteiger charge is -2.14. The van der Waals surface area contributed by atoms with E-state index in [0.717, 1.165) is 50.2 Å². The normalized spacial score (nSPS) is 11.5. The summed E-state index contributed by atoms with van der Waals surface area (Å²) < 4.78 is 0. The maximum Gasteiger partial charge on any atom is 0.160 e. The van der Waals surface area contributed by atoms with E-state index >= 15 is 0 Å². The second kappa shape index (κ2) is 12.4. The highest BCUT2D eigenvalue weighted by Crippen LogP contribution is 2.39. The van der Waals surface area contributed by atoms with Gasteiger partial charge in [0.15, 0.2) is 5.82 Å². The Morgan fingerprint density at radius 3 is 1.60 bits per heavy atom. The van der Waals surface area contributed by atoms with Gasteiger partial charge < -0.3 is 0 Å². The third kappa shape index (κ3) is 5.19. The SMILES string of the molecule is c1ccc(-c2cc(-c3ccc(-c4cncc5ccccc45)cc3)nc(-c3ccc(-c4cc5ccc6ccccc6c5c5ccccc45)cc3)n2)cc1. The molecule has 0 saturated heterocycles. The lowest BCUT2D eigenvalue weighted by molar-refractivity contribution is 1.18. The summed E-state index contributed by atoms with van der Waals surface area (Å²) in [5.74, 6) is 0.695. The molecule has 0 aliphatic rings. The molecule has 0 saturated carbocycles. The van der Waals surface area contributed by atoms with Crippen LogP contribution in [-0.4, -0.2) is 15.0 Å². The highest BCUT2D eigenvalue weighted by molar-refractivity contribution is 6.23. The monoisotopic (exact) mass is 661 g/mol. The molecule has 52 heavy (non-hydrogen) atoms. The van der Waals surface area contributed by atoms with Gasteiger partial charge in [-0.05, 0) is 66.5 Å². The van der Waals surface area contributed by atoms with E-state index in [1.54, 1.807) is 0 Å². The summed E-state index contributed by atoms with van der Waals surface area (Å²) in [4.78, 5) is 14.8. The van der Waals surface area contributed by atoms with Crippen LogP contribution < -0.4 is 0 Å². The van der Waals surface area contributed by atoms with Gasteiger partial charge in [-0.25, -0.2) is 9.97 Å². The van der Waals surface area contributed by atoms with E-state index in [9.17, 15) is 0 Å². The summed E-state index contributed by atoms with van der Waals surface area (Å²) in [7, 11) is 0. The van der Waals surface area contributed by atoms with E-state index in [0.29, 0.717) is 5.82 Å². The van der Waals surface area contributed by atoms with Crippen LogP contribution in [0.1, 0.15) is 0 Å². The van der Waals surface area contributed by atoms with Crippen LogP contribution in [0.2, 0.25) is 0 Å². The van der Waals surface area contributed by atoms with Crippen LogP contribution in [0.25, 0.3) is 99.2 Å². The molecule has 2 aromatic heterocycles. The standard InChI is InChI=1S/C49H31N3/c1-2-11-35(12-3-1)46-29-47(36-23-18-34(19-24-36)45-31-50-30-39-13-5-6-14-40(39)45)52-49(51-46)37-25-20-33(21-26-37)44-28-38-27-22-32-10-4-7-15-41(32)48(38)43-17-9-8-16-42(43)44/h1-31H. The van der Waals surface area contributed by atoms with Crippen LogP contribution in [0.5, 0.6) is 0 Å². The van der Waals surface area contributed by atoms with E-state index in [1.165, 1.54) is 43.3 Å². The number of aromatic nitrogens is 3. The third-order valence-electron chi connectivity index (χ3n) is 10.2. The second-order valence-corrected chi connectivity index (χ2v) is 13.2. The van der Waals surface area contributed by atoms with Gasteiger partial charge >= 0.3 is 0 Å². The molecule has 3 heteroatoms. The van der Waals surface area contributed by atoms with Crippen molar-refractivity contribution in [3.63, 3.8) is 0 Å². The Bertz CT molecular complexity index is 2930. The number of benzene rings is 8. The van der Waals surface area contributed by atoms with Crippen molar-refractivity contribution in [3.05, 3.63) is 188 Å². The smallest absolute Gasteiger partial charge is 0.160 e. The maximum absolute atomic E-state index is 5.15. The van der Waals surface area contributed by atoms with Gasteiger partial charge in [-0.3, -0.25) is 4.98 Å². The Kier molecular flexibility index (Phi) is 7.14. The predicted octanol–water partition coefficient (Wildman–Crippen LogP) is 12.8. The quantitative estimate of drug-likeness (QED) is 0.172. The van der Waals surface area contributed by atoms with Gasteiger partial charge in [-0.1, -0.05) is 164 Å². The van der Waals surface area contributed by atoms with Crippen LogP contribution in [0, 0.1) is 0 Å². The Balaban J connectivity index is 1.06. The Morgan fingerprint density at radius 1 is 0.308 bits per heavy atom. The van der Waals surface area contributed by atoms with Gasteiger partial charge in [0.05, 0.1) is 11.4 Å². The van der Waals surface area contributed by atoms with Crippen LogP contribution in [0.3, 0.4) is 0 Å². The Labute approximate surface area is 301 Å². The number of hydrogen-bond donors (Lipinski definition) is 0. The van der Waals surface area contributed by atoms with Crippen molar-refractivity contribution >= 4 is 43.1 Å². The zero-order valence-corrected chi connectivity index (χ0v) is 28.2. The van der Waals surface area contributed by atoms with Gasteiger partial charge in [-0.15, -0.1) is 0 Å². The van der Waals surface area contributed by atoms with Crippen molar-refractivity contribution in [3.8, 4) is 56.2 Å². The fourth-order valence-electron chi connectivity index (χ4n) is 7.56. The Hall–Kier alpha value is -6.97. The number of rotatable bonds is 5. The first kappa shape index (κ1) is 29.9. The largest absolute Gasteiger partial charge is 0.263 e. The van der Waals surface area contributed by atoms with Crippen molar-refractivity contribution in [2.45, 2.75) is 0 Å². The molecule has 0 unspecified atom stereocenters. The zero-order chi connectivity index (χ0) is 34.4. The van der Waals surface area contributed by atoms with E-state index in [1.807, 2.05) is 24.5 Å². The molecule has 2 heterocycles. The molecule has 3 nitrogen and oxygen atoms in total. The van der Waals surface area contributed by atoms with Crippen LogP contribution in [0.4, 0.5) is 0 Å². The minimum Gasteiger partial charge on any atom is -0.263 e. The molecule has 0 amide bonds. The van der Waals surface area contributed by atoms with E-state index in [4.69, 9.17) is 9.97 Å². The summed E-state index contributed by atoms with van der Waals surface area (Å²) in [6.07, 6.45) is 3.86. The molecule has 0 N–H and O–H groups in total. The predicted molar refractivity (Wildman–Crippen MR) is 217 cm³/mol. The van der Waals surface area contributed by atoms with Crippen molar-refractivity contribution in [2.24, 2.45) is 0 Å². The van der Waals surface area contributed by atoms with Crippen LogP contribution >= 0.6 is 0 Å². The minimum atomic E-state index is 0.695. The lowest BCUT2D eigenvalue weighted by atomic mass is 9.90. The molecule has 0 fully saturated rings. The number of hydrogen-bond acceptors (Lipinski definition) is 3. The number of pyridine rings is 1. The topological polar surface area (TPSA) is 38.7 Å². The summed E-state index contributed by atoms with van der Waals surface area (Å²) in [6, 6.07) is 62.4. The van der Waals surface area contributed by atoms with Crippen molar-refractivity contribution < 1.29 is 0 Å². The molecular weight excluding hydrogens is 631 g/mol. The van der Waals surface area contributed by atoms with Crippen molar-refractivity contribution in [1.29, 1.82) is 0 Å². The van der Waals surface area contributed by atoms with Gasteiger partial charge in [0.2, 0.25) is 0 Å². The minimum absolute atomic E-state index is 0.695. The van der Waals surface area contributed by atoms with Gasteiger partial charge in [0, 0.05) is 40.0 Å². The van der Waals surface area contributed by atoms with Gasteiger partial charge in [0.25, 0.3) is 0 Å². The maximum atomic E-state index is 5.15. The van der Waals surface area contributed by atoms with E-state index in [-0.39, 0.29) is 0 Å². The number of fused-ring (bicyclic) bond motifs is 6. The molecule has 8 aromatic carbocycles. The van der Waals surface area contributed by atoms with Crippen LogP contribution in [-0.2, 0) is 0 Å². The summed E-state index contributed by atoms with van der Waals surface area (Å²) >= 11 is 0. The lowest BCUT2D eigenvalue weighted by Crippen LogP contribution is -1.96. The second-order valence-electron chi connectivity index (χ2n) is 13.2. The first-order chi connectivity index (χ1) is 25.8. The molecule has 242 valence electrons. The van der Waals surface area contributed by atoms with E-state index < -0.39 is 0 Å². The fraction of sp³-hybridized carbons (Fsp3) is 0. The molecular formula is C49H31N3. The van der Waals surface area contributed by atoms with Crippen molar-refractivity contribution in [2.75, 3.05) is 0 Å². The summed E-state index contributed by atoms with van der Waals surface area (Å²) in [5, 5.41) is 9.91. The summed E-state index contributed by atoms with van der Waals surface area (Å²) in [5.41, 5.74) is 9.43. The molecule has 0 aliphatic carbocycles. The molecule has 10 aromatic rings. The van der Waals surface area contributed by atoms with Crippen LogP contribution in [0.15, 0.2) is 188 Å².